The van der Waals surface area contributed by atoms with Crippen molar-refractivity contribution in [3.05, 3.63) is 84.2 Å². The topological polar surface area (TPSA) is 81.4 Å². The van der Waals surface area contributed by atoms with Crippen molar-refractivity contribution in [2.24, 2.45) is 5.92 Å². The van der Waals surface area contributed by atoms with Crippen molar-refractivity contribution in [2.75, 3.05) is 25.1 Å². The van der Waals surface area contributed by atoms with Crippen LogP contribution in [0.4, 0.5) is 10.1 Å². The fourth-order valence-electron chi connectivity index (χ4n) is 3.54. The van der Waals surface area contributed by atoms with E-state index in [2.05, 4.69) is 15.4 Å². The molecule has 36 heavy (non-hydrogen) atoms. The lowest BCUT2D eigenvalue weighted by atomic mass is 10.2. The molecule has 1 aromatic heterocycles. The van der Waals surface area contributed by atoms with Crippen molar-refractivity contribution in [1.29, 1.82) is 0 Å². The molecule has 4 rings (SSSR count). The third kappa shape index (κ3) is 6.60. The Bertz CT molecular complexity index is 1290. The SMILES string of the molecule is Cc1ccccc1OCC(O)CNc1cccc(-n2nc(OCC(C)C)nc2-c2cccc(F)c2)c1. The van der Waals surface area contributed by atoms with E-state index < -0.39 is 6.10 Å². The minimum absolute atomic E-state index is 0.168. The molecule has 1 unspecified atom stereocenters. The van der Waals surface area contributed by atoms with Gasteiger partial charge in [0.2, 0.25) is 0 Å². The highest BCUT2D eigenvalue weighted by atomic mass is 19.1. The molecule has 0 saturated heterocycles. The number of rotatable bonds is 11. The lowest BCUT2D eigenvalue weighted by molar-refractivity contribution is 0.117. The van der Waals surface area contributed by atoms with Gasteiger partial charge < -0.3 is 19.9 Å². The van der Waals surface area contributed by atoms with Crippen LogP contribution in [0.3, 0.4) is 0 Å². The van der Waals surface area contributed by atoms with Gasteiger partial charge in [0.1, 0.15) is 24.3 Å². The number of ether oxygens (including phenoxy) is 2. The zero-order valence-electron chi connectivity index (χ0n) is 20.7. The molecule has 0 aliphatic carbocycles. The van der Waals surface area contributed by atoms with E-state index in [4.69, 9.17) is 9.47 Å². The molecule has 3 aromatic carbocycles. The first-order valence-corrected chi connectivity index (χ1v) is 12.0. The summed E-state index contributed by atoms with van der Waals surface area (Å²) in [6.07, 6.45) is -0.710. The van der Waals surface area contributed by atoms with Crippen molar-refractivity contribution in [2.45, 2.75) is 26.9 Å². The molecule has 0 bridgehead atoms. The molecule has 1 heterocycles. The van der Waals surface area contributed by atoms with Gasteiger partial charge in [-0.05, 0) is 54.8 Å². The molecular weight excluding hydrogens is 459 g/mol. The Morgan fingerprint density at radius 2 is 1.78 bits per heavy atom. The standard InChI is InChI=1S/C28H31FN4O3/c1-19(2)17-36-28-31-27(21-9-6-10-22(29)14-21)33(32-28)24-12-7-11-23(15-24)30-16-25(34)18-35-26-13-5-4-8-20(26)3/h4-15,19,25,30,34H,16-18H2,1-3H3. The number of aliphatic hydroxyl groups excluding tert-OH is 1. The van der Waals surface area contributed by atoms with Gasteiger partial charge in [0.15, 0.2) is 5.82 Å². The van der Waals surface area contributed by atoms with Gasteiger partial charge in [-0.3, -0.25) is 0 Å². The summed E-state index contributed by atoms with van der Waals surface area (Å²) < 4.78 is 27.1. The van der Waals surface area contributed by atoms with Crippen LogP contribution in [-0.4, -0.2) is 45.7 Å². The van der Waals surface area contributed by atoms with E-state index in [1.165, 1.54) is 12.1 Å². The van der Waals surface area contributed by atoms with E-state index in [1.807, 2.05) is 69.3 Å². The second-order valence-electron chi connectivity index (χ2n) is 9.01. The maximum absolute atomic E-state index is 13.9. The molecule has 0 aliphatic rings. The highest BCUT2D eigenvalue weighted by molar-refractivity contribution is 5.60. The van der Waals surface area contributed by atoms with Crippen LogP contribution in [0, 0.1) is 18.7 Å². The molecule has 0 aliphatic heterocycles. The quantitative estimate of drug-likeness (QED) is 0.298. The third-order valence-corrected chi connectivity index (χ3v) is 5.37. The minimum Gasteiger partial charge on any atom is -0.491 e. The Hall–Kier alpha value is -3.91. The number of anilines is 1. The van der Waals surface area contributed by atoms with Gasteiger partial charge in [-0.1, -0.05) is 50.2 Å². The summed E-state index contributed by atoms with van der Waals surface area (Å²) in [5, 5.41) is 18.2. The van der Waals surface area contributed by atoms with Gasteiger partial charge in [0, 0.05) is 17.8 Å². The van der Waals surface area contributed by atoms with Crippen molar-refractivity contribution >= 4 is 5.69 Å². The summed E-state index contributed by atoms with van der Waals surface area (Å²) in [5.74, 6) is 1.18. The lowest BCUT2D eigenvalue weighted by Crippen LogP contribution is -2.26. The number of nitrogens with zero attached hydrogens (tertiary/aromatic N) is 3. The summed E-state index contributed by atoms with van der Waals surface area (Å²) in [6, 6.07) is 21.7. The molecule has 0 saturated carbocycles. The molecule has 0 radical (unpaired) electrons. The largest absolute Gasteiger partial charge is 0.491 e. The first kappa shape index (κ1) is 25.2. The molecule has 188 valence electrons. The molecule has 2 N–H and O–H groups in total. The fraction of sp³-hybridized carbons (Fsp3) is 0.286. The molecule has 1 atom stereocenters. The average molecular weight is 491 g/mol. The van der Waals surface area contributed by atoms with Crippen LogP contribution in [-0.2, 0) is 0 Å². The van der Waals surface area contributed by atoms with Gasteiger partial charge >= 0.3 is 6.01 Å². The first-order valence-electron chi connectivity index (χ1n) is 12.0. The van der Waals surface area contributed by atoms with E-state index in [1.54, 1.807) is 16.8 Å². The van der Waals surface area contributed by atoms with Gasteiger partial charge in [-0.15, -0.1) is 5.10 Å². The second-order valence-corrected chi connectivity index (χ2v) is 9.01. The fourth-order valence-corrected chi connectivity index (χ4v) is 3.54. The van der Waals surface area contributed by atoms with Crippen LogP contribution in [0.5, 0.6) is 11.8 Å². The van der Waals surface area contributed by atoms with Crippen LogP contribution in [0.1, 0.15) is 19.4 Å². The zero-order chi connectivity index (χ0) is 25.5. The number of aromatic nitrogens is 3. The van der Waals surface area contributed by atoms with Crippen molar-refractivity contribution in [3.8, 4) is 28.8 Å². The van der Waals surface area contributed by atoms with Crippen LogP contribution < -0.4 is 14.8 Å². The highest BCUT2D eigenvalue weighted by Crippen LogP contribution is 2.26. The van der Waals surface area contributed by atoms with Gasteiger partial charge in [-0.2, -0.15) is 4.98 Å². The molecule has 7 nitrogen and oxygen atoms in total. The Morgan fingerprint density at radius 1 is 0.972 bits per heavy atom. The zero-order valence-corrected chi connectivity index (χ0v) is 20.7. The summed E-state index contributed by atoms with van der Waals surface area (Å²) in [4.78, 5) is 4.52. The minimum atomic E-state index is -0.710. The first-order chi connectivity index (χ1) is 17.4. The summed E-state index contributed by atoms with van der Waals surface area (Å²) in [5.41, 5.74) is 3.11. The Balaban J connectivity index is 1.49. The van der Waals surface area contributed by atoms with Crippen LogP contribution >= 0.6 is 0 Å². The third-order valence-electron chi connectivity index (χ3n) is 5.37. The van der Waals surface area contributed by atoms with Crippen LogP contribution in [0.2, 0.25) is 0 Å². The Morgan fingerprint density at radius 3 is 2.56 bits per heavy atom. The number of para-hydroxylation sites is 1. The van der Waals surface area contributed by atoms with Crippen molar-refractivity contribution < 1.29 is 19.0 Å². The number of halogens is 1. The molecule has 8 heteroatoms. The normalized spacial score (nSPS) is 11.9. The molecule has 0 fully saturated rings. The van der Waals surface area contributed by atoms with Crippen molar-refractivity contribution in [1.82, 2.24) is 14.8 Å². The van der Waals surface area contributed by atoms with Crippen LogP contribution in [0.15, 0.2) is 72.8 Å². The number of benzene rings is 3. The molecular formula is C28H31FN4O3. The monoisotopic (exact) mass is 490 g/mol. The molecule has 0 spiro atoms. The second kappa shape index (κ2) is 11.7. The van der Waals surface area contributed by atoms with E-state index in [9.17, 15) is 9.50 Å². The number of aryl methyl sites for hydroxylation is 1. The van der Waals surface area contributed by atoms with Gasteiger partial charge in [0.05, 0.1) is 12.3 Å². The maximum atomic E-state index is 13.9. The lowest BCUT2D eigenvalue weighted by Gasteiger charge is -2.15. The predicted molar refractivity (Wildman–Crippen MR) is 138 cm³/mol. The molecule has 0 amide bonds. The van der Waals surface area contributed by atoms with E-state index in [-0.39, 0.29) is 18.4 Å². The summed E-state index contributed by atoms with van der Waals surface area (Å²) in [6.45, 7) is 6.98. The predicted octanol–water partition coefficient (Wildman–Crippen LogP) is 5.27. The van der Waals surface area contributed by atoms with Gasteiger partial charge in [-0.25, -0.2) is 9.07 Å². The van der Waals surface area contributed by atoms with Gasteiger partial charge in [0.25, 0.3) is 0 Å². The van der Waals surface area contributed by atoms with Crippen LogP contribution in [0.25, 0.3) is 17.1 Å². The summed E-state index contributed by atoms with van der Waals surface area (Å²) >= 11 is 0. The number of aliphatic hydroxyl groups is 1. The Kier molecular flexibility index (Phi) is 8.17. The van der Waals surface area contributed by atoms with E-state index in [0.29, 0.717) is 30.5 Å². The van der Waals surface area contributed by atoms with Crippen molar-refractivity contribution in [3.63, 3.8) is 0 Å². The maximum Gasteiger partial charge on any atom is 0.336 e. The molecule has 4 aromatic rings. The smallest absolute Gasteiger partial charge is 0.336 e. The summed E-state index contributed by atoms with van der Waals surface area (Å²) in [7, 11) is 0. The number of nitrogens with one attached hydrogen (secondary N) is 1. The van der Waals surface area contributed by atoms with E-state index >= 15 is 0 Å². The number of hydrogen-bond donors (Lipinski definition) is 2. The highest BCUT2D eigenvalue weighted by Gasteiger charge is 2.16. The number of hydrogen-bond acceptors (Lipinski definition) is 6. The van der Waals surface area contributed by atoms with E-state index in [0.717, 1.165) is 22.7 Å². The Labute approximate surface area is 210 Å². The average Bonchev–Trinajstić information content (AvgIpc) is 3.30.